The molecule has 0 unspecified atom stereocenters. The molecule has 0 aromatic carbocycles. The predicted octanol–water partition coefficient (Wildman–Crippen LogP) is 1.79. The summed E-state index contributed by atoms with van der Waals surface area (Å²) in [6.45, 7) is 0.795. The average Bonchev–Trinajstić information content (AvgIpc) is 2.48. The highest BCUT2D eigenvalue weighted by molar-refractivity contribution is 9.11. The van der Waals surface area contributed by atoms with E-state index in [2.05, 4.69) is 20.7 Å². The summed E-state index contributed by atoms with van der Waals surface area (Å²) in [6.07, 6.45) is 0.611. The van der Waals surface area contributed by atoms with Crippen molar-refractivity contribution in [3.63, 3.8) is 0 Å². The van der Waals surface area contributed by atoms with Crippen molar-refractivity contribution in [2.24, 2.45) is 5.73 Å². The van der Waals surface area contributed by atoms with E-state index in [1.807, 2.05) is 0 Å². The summed E-state index contributed by atoms with van der Waals surface area (Å²) in [4.78, 5) is 0. The summed E-state index contributed by atoms with van der Waals surface area (Å²) in [7, 11) is -3.44. The highest BCUT2D eigenvalue weighted by Crippen LogP contribution is 2.34. The summed E-state index contributed by atoms with van der Waals surface area (Å²) in [6, 6.07) is 1.42. The normalized spacial score (nSPS) is 11.9. The lowest BCUT2D eigenvalue weighted by Crippen LogP contribution is -2.25. The van der Waals surface area contributed by atoms with Crippen LogP contribution in [0, 0.1) is 0 Å². The van der Waals surface area contributed by atoms with Gasteiger partial charge in [0.2, 0.25) is 10.0 Å². The van der Waals surface area contributed by atoms with Gasteiger partial charge in [-0.15, -0.1) is 11.3 Å². The van der Waals surface area contributed by atoms with E-state index in [1.165, 1.54) is 6.07 Å². The zero-order chi connectivity index (χ0) is 11.5. The number of thiophene rings is 1. The molecule has 0 radical (unpaired) electrons. The van der Waals surface area contributed by atoms with E-state index in [0.29, 0.717) is 28.3 Å². The fourth-order valence-electron chi connectivity index (χ4n) is 0.839. The number of nitrogens with one attached hydrogen (secondary N) is 1. The van der Waals surface area contributed by atoms with Crippen LogP contribution in [0.1, 0.15) is 6.42 Å². The number of hydrogen-bond acceptors (Lipinski definition) is 4. The Morgan fingerprint density at radius 3 is 2.73 bits per heavy atom. The maximum Gasteiger partial charge on any atom is 0.250 e. The molecular weight excluding hydrogens is 324 g/mol. The molecule has 0 saturated heterocycles. The van der Waals surface area contributed by atoms with E-state index in [9.17, 15) is 8.42 Å². The zero-order valence-electron chi connectivity index (χ0n) is 7.66. The Morgan fingerprint density at radius 2 is 2.27 bits per heavy atom. The minimum Gasteiger partial charge on any atom is -0.330 e. The van der Waals surface area contributed by atoms with Gasteiger partial charge in [0, 0.05) is 6.54 Å². The maximum atomic E-state index is 11.7. The Morgan fingerprint density at radius 1 is 1.60 bits per heavy atom. The molecule has 0 saturated carbocycles. The van der Waals surface area contributed by atoms with Crippen molar-refractivity contribution in [2.45, 2.75) is 10.6 Å². The summed E-state index contributed by atoms with van der Waals surface area (Å²) in [5, 5.41) is 0.402. The van der Waals surface area contributed by atoms with Crippen LogP contribution in [-0.2, 0) is 10.0 Å². The van der Waals surface area contributed by atoms with Crippen molar-refractivity contribution in [1.29, 1.82) is 0 Å². The fourth-order valence-corrected chi connectivity index (χ4v) is 4.36. The average molecular weight is 334 g/mol. The molecule has 1 aromatic rings. The van der Waals surface area contributed by atoms with Crippen LogP contribution >= 0.6 is 38.9 Å². The fraction of sp³-hybridized carbons (Fsp3) is 0.429. The van der Waals surface area contributed by atoms with Crippen molar-refractivity contribution in [3.05, 3.63) is 14.9 Å². The largest absolute Gasteiger partial charge is 0.330 e. The van der Waals surface area contributed by atoms with Gasteiger partial charge < -0.3 is 5.73 Å². The third-order valence-electron chi connectivity index (χ3n) is 1.56. The van der Waals surface area contributed by atoms with Crippen LogP contribution in [0.3, 0.4) is 0 Å². The second-order valence-corrected chi connectivity index (χ2v) is 7.50. The van der Waals surface area contributed by atoms with Crippen LogP contribution in [0.5, 0.6) is 0 Å². The van der Waals surface area contributed by atoms with Crippen LogP contribution < -0.4 is 10.5 Å². The molecule has 0 aliphatic heterocycles. The molecule has 0 aliphatic carbocycles. The molecule has 0 atom stereocenters. The zero-order valence-corrected chi connectivity index (χ0v) is 11.6. The van der Waals surface area contributed by atoms with Gasteiger partial charge in [0.05, 0.1) is 8.81 Å². The molecular formula is C7H10BrClN2O2S2. The molecule has 1 rings (SSSR count). The second-order valence-electron chi connectivity index (χ2n) is 2.73. The van der Waals surface area contributed by atoms with Gasteiger partial charge >= 0.3 is 0 Å². The standard InChI is InChI=1S/C7H10BrClN2O2S2/c8-7-5(9)4-6(14-7)15(12,13)11-3-1-2-10/h4,11H,1-3,10H2. The van der Waals surface area contributed by atoms with E-state index in [1.54, 1.807) is 0 Å². The van der Waals surface area contributed by atoms with Crippen LogP contribution in [0.15, 0.2) is 14.1 Å². The van der Waals surface area contributed by atoms with Gasteiger partial charge in [-0.3, -0.25) is 0 Å². The molecule has 0 bridgehead atoms. The van der Waals surface area contributed by atoms with E-state index < -0.39 is 10.0 Å². The Labute approximate surface area is 106 Å². The minimum atomic E-state index is -3.44. The van der Waals surface area contributed by atoms with Crippen LogP contribution in [0.4, 0.5) is 0 Å². The third-order valence-corrected chi connectivity index (χ3v) is 5.97. The number of sulfonamides is 1. The first-order chi connectivity index (χ1) is 6.97. The van der Waals surface area contributed by atoms with Gasteiger partial charge in [-0.1, -0.05) is 11.6 Å². The Balaban J connectivity index is 2.77. The molecule has 0 aliphatic rings. The predicted molar refractivity (Wildman–Crippen MR) is 65.9 cm³/mol. The van der Waals surface area contributed by atoms with E-state index in [-0.39, 0.29) is 4.21 Å². The first-order valence-electron chi connectivity index (χ1n) is 4.12. The molecule has 8 heteroatoms. The highest BCUT2D eigenvalue weighted by atomic mass is 79.9. The van der Waals surface area contributed by atoms with Crippen molar-refractivity contribution < 1.29 is 8.42 Å². The summed E-state index contributed by atoms with van der Waals surface area (Å²) >= 11 is 10.00. The van der Waals surface area contributed by atoms with Gasteiger partial charge in [0.15, 0.2) is 0 Å². The smallest absolute Gasteiger partial charge is 0.250 e. The first kappa shape index (κ1) is 13.4. The molecule has 86 valence electrons. The lowest BCUT2D eigenvalue weighted by atomic mass is 10.4. The van der Waals surface area contributed by atoms with Crippen molar-refractivity contribution in [1.82, 2.24) is 4.72 Å². The highest BCUT2D eigenvalue weighted by Gasteiger charge is 2.17. The van der Waals surface area contributed by atoms with Crippen LogP contribution in [0.25, 0.3) is 0 Å². The number of rotatable bonds is 5. The van der Waals surface area contributed by atoms with E-state index in [0.717, 1.165) is 11.3 Å². The molecule has 0 spiro atoms. The first-order valence-corrected chi connectivity index (χ1v) is 7.59. The molecule has 1 aromatic heterocycles. The van der Waals surface area contributed by atoms with Gasteiger partial charge in [0.25, 0.3) is 0 Å². The SMILES string of the molecule is NCCCNS(=O)(=O)c1cc(Cl)c(Br)s1. The number of nitrogens with two attached hydrogens (primary N) is 1. The van der Waals surface area contributed by atoms with Gasteiger partial charge in [-0.2, -0.15) is 0 Å². The Hall–Kier alpha value is 0.340. The van der Waals surface area contributed by atoms with Crippen LogP contribution in [0.2, 0.25) is 5.02 Å². The summed E-state index contributed by atoms with van der Waals surface area (Å²) in [5.41, 5.74) is 5.26. The molecule has 1 heterocycles. The molecule has 15 heavy (non-hydrogen) atoms. The maximum absolute atomic E-state index is 11.7. The lowest BCUT2D eigenvalue weighted by molar-refractivity contribution is 0.581. The molecule has 4 nitrogen and oxygen atoms in total. The van der Waals surface area contributed by atoms with E-state index in [4.69, 9.17) is 17.3 Å². The van der Waals surface area contributed by atoms with E-state index >= 15 is 0 Å². The monoisotopic (exact) mass is 332 g/mol. The van der Waals surface area contributed by atoms with Crippen molar-refractivity contribution in [3.8, 4) is 0 Å². The van der Waals surface area contributed by atoms with Gasteiger partial charge in [-0.25, -0.2) is 13.1 Å². The number of halogens is 2. The minimum absolute atomic E-state index is 0.205. The lowest BCUT2D eigenvalue weighted by Gasteiger charge is -2.02. The number of hydrogen-bond donors (Lipinski definition) is 2. The Kier molecular flexibility index (Phi) is 5.01. The van der Waals surface area contributed by atoms with Crippen molar-refractivity contribution in [2.75, 3.05) is 13.1 Å². The van der Waals surface area contributed by atoms with Gasteiger partial charge in [0.1, 0.15) is 4.21 Å². The molecule has 0 fully saturated rings. The second kappa shape index (κ2) is 5.60. The summed E-state index contributed by atoms with van der Waals surface area (Å²) in [5.74, 6) is 0. The topological polar surface area (TPSA) is 72.2 Å². The molecule has 3 N–H and O–H groups in total. The van der Waals surface area contributed by atoms with Crippen LogP contribution in [-0.4, -0.2) is 21.5 Å². The van der Waals surface area contributed by atoms with Crippen molar-refractivity contribution >= 4 is 48.9 Å². The summed E-state index contributed by atoms with van der Waals surface area (Å²) < 4.78 is 26.6. The third kappa shape index (κ3) is 3.69. The Bertz CT molecular complexity index is 413. The molecule has 0 amide bonds. The quantitative estimate of drug-likeness (QED) is 0.807. The van der Waals surface area contributed by atoms with Gasteiger partial charge in [-0.05, 0) is 35.0 Å².